The zero-order chi connectivity index (χ0) is 20.4. The number of esters is 2. The molecule has 1 atom stereocenters. The average Bonchev–Trinajstić information content (AvgIpc) is 3.39. The monoisotopic (exact) mass is 390 g/mol. The van der Waals surface area contributed by atoms with Gasteiger partial charge in [0.2, 0.25) is 0 Å². The Morgan fingerprint density at radius 3 is 2.17 bits per heavy atom. The Morgan fingerprint density at radius 1 is 1.00 bits per heavy atom. The third-order valence-corrected chi connectivity index (χ3v) is 5.56. The summed E-state index contributed by atoms with van der Waals surface area (Å²) in [6, 6.07) is 19.7. The summed E-state index contributed by atoms with van der Waals surface area (Å²) in [5.74, 6) is -1.49. The first-order chi connectivity index (χ1) is 14.1. The molecule has 2 aromatic carbocycles. The van der Waals surface area contributed by atoms with E-state index in [1.165, 1.54) is 14.2 Å². The van der Waals surface area contributed by atoms with E-state index in [4.69, 9.17) is 9.47 Å². The Hall–Kier alpha value is -3.41. The van der Waals surface area contributed by atoms with Crippen molar-refractivity contribution in [3.05, 3.63) is 77.5 Å². The largest absolute Gasteiger partial charge is 0.468 e. The van der Waals surface area contributed by atoms with Crippen LogP contribution in [0.2, 0.25) is 0 Å². The van der Waals surface area contributed by atoms with Crippen LogP contribution in [0, 0.1) is 5.41 Å². The number of ether oxygens (including phenoxy) is 2. The molecule has 1 saturated carbocycles. The zero-order valence-corrected chi connectivity index (χ0v) is 16.3. The number of benzene rings is 2. The summed E-state index contributed by atoms with van der Waals surface area (Å²) >= 11 is 0. The van der Waals surface area contributed by atoms with Gasteiger partial charge in [-0.15, -0.1) is 0 Å². The maximum Gasteiger partial charge on any atom is 0.323 e. The van der Waals surface area contributed by atoms with Gasteiger partial charge in [-0.05, 0) is 12.0 Å². The first-order valence-electron chi connectivity index (χ1n) is 9.45. The van der Waals surface area contributed by atoms with E-state index in [1.807, 2.05) is 60.7 Å². The lowest BCUT2D eigenvalue weighted by molar-refractivity contribution is -0.161. The Bertz CT molecular complexity index is 1010. The fourth-order valence-corrected chi connectivity index (χ4v) is 4.02. The highest BCUT2D eigenvalue weighted by molar-refractivity contribution is 6.05. The molecule has 1 aromatic heterocycles. The molecule has 148 valence electrons. The van der Waals surface area contributed by atoms with Gasteiger partial charge in [0.1, 0.15) is 0 Å². The van der Waals surface area contributed by atoms with Crippen molar-refractivity contribution < 1.29 is 19.1 Å². The van der Waals surface area contributed by atoms with E-state index in [0.717, 1.165) is 28.1 Å². The molecular weight excluding hydrogens is 368 g/mol. The number of aromatic amines is 1. The molecule has 1 N–H and O–H groups in total. The molecule has 6 nitrogen and oxygen atoms in total. The van der Waals surface area contributed by atoms with E-state index in [1.54, 1.807) is 0 Å². The van der Waals surface area contributed by atoms with Gasteiger partial charge in [0.15, 0.2) is 5.41 Å². The lowest BCUT2D eigenvalue weighted by Crippen LogP contribution is -2.30. The van der Waals surface area contributed by atoms with E-state index in [2.05, 4.69) is 10.2 Å². The number of methoxy groups -OCH3 is 2. The lowest BCUT2D eigenvalue weighted by Gasteiger charge is -2.14. The first kappa shape index (κ1) is 18.9. The minimum Gasteiger partial charge on any atom is -0.468 e. The van der Waals surface area contributed by atoms with Crippen LogP contribution in [-0.2, 0) is 25.5 Å². The van der Waals surface area contributed by atoms with Crippen molar-refractivity contribution in [1.82, 2.24) is 10.2 Å². The van der Waals surface area contributed by atoms with Gasteiger partial charge in [-0.25, -0.2) is 0 Å². The summed E-state index contributed by atoms with van der Waals surface area (Å²) in [4.78, 5) is 25.1. The maximum absolute atomic E-state index is 12.6. The van der Waals surface area contributed by atoms with Crippen LogP contribution in [0.1, 0.15) is 29.2 Å². The average molecular weight is 390 g/mol. The highest BCUT2D eigenvalue weighted by Crippen LogP contribution is 2.62. The van der Waals surface area contributed by atoms with Crippen molar-refractivity contribution in [1.29, 1.82) is 0 Å². The Kier molecular flexibility index (Phi) is 4.92. The molecule has 1 aliphatic rings. The molecule has 0 amide bonds. The molecule has 0 bridgehead atoms. The van der Waals surface area contributed by atoms with Crippen LogP contribution in [0.5, 0.6) is 0 Å². The molecule has 0 spiro atoms. The summed E-state index contributed by atoms with van der Waals surface area (Å²) in [7, 11) is 2.58. The molecule has 4 rings (SSSR count). The predicted molar refractivity (Wildman–Crippen MR) is 107 cm³/mol. The molecule has 1 fully saturated rings. The number of carbonyl (C=O) groups is 2. The van der Waals surface area contributed by atoms with Gasteiger partial charge in [0.05, 0.1) is 19.9 Å². The van der Waals surface area contributed by atoms with E-state index in [9.17, 15) is 9.59 Å². The van der Waals surface area contributed by atoms with E-state index in [-0.39, 0.29) is 5.92 Å². The van der Waals surface area contributed by atoms with Crippen molar-refractivity contribution in [2.45, 2.75) is 18.8 Å². The second kappa shape index (κ2) is 7.54. The third-order valence-electron chi connectivity index (χ3n) is 5.56. The molecule has 1 unspecified atom stereocenters. The smallest absolute Gasteiger partial charge is 0.323 e. The van der Waals surface area contributed by atoms with Gasteiger partial charge in [0.25, 0.3) is 0 Å². The molecule has 3 aromatic rings. The second-order valence-electron chi connectivity index (χ2n) is 7.20. The number of aromatic nitrogens is 2. The molecule has 6 heteroatoms. The number of hydrogen-bond donors (Lipinski definition) is 1. The van der Waals surface area contributed by atoms with Gasteiger partial charge in [-0.2, -0.15) is 5.10 Å². The summed E-state index contributed by atoms with van der Waals surface area (Å²) in [6.07, 6.45) is 0.957. The molecule has 0 saturated heterocycles. The van der Waals surface area contributed by atoms with Crippen LogP contribution in [0.4, 0.5) is 0 Å². The molecule has 29 heavy (non-hydrogen) atoms. The zero-order valence-electron chi connectivity index (χ0n) is 16.3. The maximum atomic E-state index is 12.6. The van der Waals surface area contributed by atoms with E-state index >= 15 is 0 Å². The Labute approximate surface area is 168 Å². The molecule has 1 heterocycles. The van der Waals surface area contributed by atoms with Crippen molar-refractivity contribution in [3.8, 4) is 11.3 Å². The second-order valence-corrected chi connectivity index (χ2v) is 7.20. The van der Waals surface area contributed by atoms with Crippen molar-refractivity contribution in [2.75, 3.05) is 14.2 Å². The number of carbonyl (C=O) groups excluding carboxylic acids is 2. The molecular formula is C23H22N2O4. The van der Waals surface area contributed by atoms with Crippen LogP contribution >= 0.6 is 0 Å². The van der Waals surface area contributed by atoms with Crippen LogP contribution in [0.15, 0.2) is 60.7 Å². The third kappa shape index (κ3) is 3.20. The number of nitrogens with one attached hydrogen (secondary N) is 1. The van der Waals surface area contributed by atoms with Crippen molar-refractivity contribution in [2.24, 2.45) is 5.41 Å². The fourth-order valence-electron chi connectivity index (χ4n) is 4.02. The van der Waals surface area contributed by atoms with Gasteiger partial charge in [-0.1, -0.05) is 60.7 Å². The van der Waals surface area contributed by atoms with Gasteiger partial charge < -0.3 is 9.47 Å². The fraction of sp³-hybridized carbons (Fsp3) is 0.261. The number of rotatable bonds is 6. The summed E-state index contributed by atoms with van der Waals surface area (Å²) in [6.45, 7) is 0. The minimum absolute atomic E-state index is 0.341. The summed E-state index contributed by atoms with van der Waals surface area (Å²) < 4.78 is 9.92. The number of hydrogen-bond acceptors (Lipinski definition) is 5. The van der Waals surface area contributed by atoms with Gasteiger partial charge in [-0.3, -0.25) is 14.7 Å². The van der Waals surface area contributed by atoms with E-state index in [0.29, 0.717) is 12.8 Å². The van der Waals surface area contributed by atoms with E-state index < -0.39 is 17.4 Å². The molecule has 1 aliphatic carbocycles. The van der Waals surface area contributed by atoms with Crippen LogP contribution in [-0.4, -0.2) is 36.4 Å². The van der Waals surface area contributed by atoms with Crippen LogP contribution in [0.25, 0.3) is 11.3 Å². The highest BCUT2D eigenvalue weighted by atomic mass is 16.5. The summed E-state index contributed by atoms with van der Waals surface area (Å²) in [5.41, 5.74) is 3.22. The Morgan fingerprint density at radius 2 is 1.59 bits per heavy atom. The van der Waals surface area contributed by atoms with Gasteiger partial charge in [0, 0.05) is 29.2 Å². The molecule has 0 radical (unpaired) electrons. The Balaban J connectivity index is 1.81. The van der Waals surface area contributed by atoms with Crippen LogP contribution in [0.3, 0.4) is 0 Å². The normalized spacial score (nSPS) is 16.8. The van der Waals surface area contributed by atoms with Crippen LogP contribution < -0.4 is 0 Å². The summed E-state index contributed by atoms with van der Waals surface area (Å²) in [5, 5.41) is 7.69. The molecule has 0 aliphatic heterocycles. The highest BCUT2D eigenvalue weighted by Gasteiger charge is 2.69. The number of nitrogens with zero attached hydrogens (tertiary/aromatic N) is 1. The standard InChI is InChI=1S/C23H22N2O4/c1-28-21(26)23(22(27)29-2)14-17(23)19-18(13-15-9-5-3-6-10-15)24-25-20(19)16-11-7-4-8-12-16/h3-12,17H,13-14H2,1-2H3,(H,24,25). The SMILES string of the molecule is COC(=O)C1(C(=O)OC)CC1c1c(-c2ccccc2)n[nH]c1Cc1ccccc1. The van der Waals surface area contributed by atoms with Crippen molar-refractivity contribution >= 4 is 11.9 Å². The van der Waals surface area contributed by atoms with Crippen molar-refractivity contribution in [3.63, 3.8) is 0 Å². The first-order valence-corrected chi connectivity index (χ1v) is 9.45. The van der Waals surface area contributed by atoms with Gasteiger partial charge >= 0.3 is 11.9 Å². The predicted octanol–water partition coefficient (Wildman–Crippen LogP) is 3.49. The quantitative estimate of drug-likeness (QED) is 0.515. The number of H-pyrrole nitrogens is 1. The lowest BCUT2D eigenvalue weighted by atomic mass is 9.93. The minimum atomic E-state index is -1.32. The topological polar surface area (TPSA) is 81.3 Å².